The second-order valence-corrected chi connectivity index (χ2v) is 4.17. The number of benzene rings is 2. The standard InChI is InChI=1S/C12H11B.C5H5N/c1-3-7-11(8-4-1)13-12-9-5-2-6-10-12;1-2-4-6-5-3-1/h1-10,13H;1-5H. The van der Waals surface area contributed by atoms with Crippen LogP contribution in [0.15, 0.2) is 91.3 Å². The minimum Gasteiger partial charge on any atom is -0.265 e. The van der Waals surface area contributed by atoms with Crippen LogP contribution in [0.2, 0.25) is 0 Å². The minimum atomic E-state index is 1.03. The maximum atomic E-state index is 3.78. The largest absolute Gasteiger partial charge is 0.265 e. The Morgan fingerprint density at radius 3 is 1.26 bits per heavy atom. The van der Waals surface area contributed by atoms with E-state index in [0.717, 1.165) is 7.28 Å². The molecule has 0 unspecified atom stereocenters. The third-order valence-corrected chi connectivity index (χ3v) is 2.66. The van der Waals surface area contributed by atoms with Gasteiger partial charge in [-0.25, -0.2) is 0 Å². The normalized spacial score (nSPS) is 9.05. The molecule has 0 bridgehead atoms. The SMILES string of the molecule is B(c1ccccc1)c1ccccc1.c1ccncc1. The van der Waals surface area contributed by atoms with Gasteiger partial charge in [0.15, 0.2) is 7.28 Å². The van der Waals surface area contributed by atoms with Gasteiger partial charge in [-0.05, 0) is 12.1 Å². The molecular weight excluding hydrogens is 229 g/mol. The second kappa shape index (κ2) is 7.88. The fourth-order valence-corrected chi connectivity index (χ4v) is 1.74. The van der Waals surface area contributed by atoms with Gasteiger partial charge in [0.2, 0.25) is 0 Å². The Kier molecular flexibility index (Phi) is 5.43. The molecule has 3 rings (SSSR count). The van der Waals surface area contributed by atoms with E-state index in [-0.39, 0.29) is 0 Å². The monoisotopic (exact) mass is 245 g/mol. The van der Waals surface area contributed by atoms with Crippen LogP contribution in [0.5, 0.6) is 0 Å². The zero-order valence-corrected chi connectivity index (χ0v) is 10.8. The van der Waals surface area contributed by atoms with Crippen molar-refractivity contribution in [1.82, 2.24) is 4.98 Å². The summed E-state index contributed by atoms with van der Waals surface area (Å²) in [6.07, 6.45) is 3.50. The van der Waals surface area contributed by atoms with Crippen molar-refractivity contribution in [3.63, 3.8) is 0 Å². The van der Waals surface area contributed by atoms with Crippen molar-refractivity contribution in [2.75, 3.05) is 0 Å². The molecular formula is C17H16BN. The van der Waals surface area contributed by atoms with E-state index in [2.05, 4.69) is 65.6 Å². The molecule has 2 heteroatoms. The Morgan fingerprint density at radius 1 is 0.526 bits per heavy atom. The summed E-state index contributed by atoms with van der Waals surface area (Å²) < 4.78 is 0. The predicted octanol–water partition coefficient (Wildman–Crippen LogP) is 2.16. The lowest BCUT2D eigenvalue weighted by Crippen LogP contribution is -2.26. The van der Waals surface area contributed by atoms with Crippen molar-refractivity contribution in [3.8, 4) is 0 Å². The molecule has 0 fully saturated rings. The molecule has 0 aliphatic rings. The molecule has 0 aliphatic carbocycles. The lowest BCUT2D eigenvalue weighted by atomic mass is 9.64. The maximum Gasteiger partial charge on any atom is 0.192 e. The Balaban J connectivity index is 0.000000186. The quantitative estimate of drug-likeness (QED) is 0.630. The van der Waals surface area contributed by atoms with Gasteiger partial charge < -0.3 is 0 Å². The molecule has 1 aromatic heterocycles. The highest BCUT2D eigenvalue weighted by atomic mass is 14.6. The predicted molar refractivity (Wildman–Crippen MR) is 83.5 cm³/mol. The first kappa shape index (κ1) is 13.1. The van der Waals surface area contributed by atoms with Crippen molar-refractivity contribution in [3.05, 3.63) is 91.3 Å². The highest BCUT2D eigenvalue weighted by Crippen LogP contribution is 1.84. The van der Waals surface area contributed by atoms with Gasteiger partial charge in [-0.15, -0.1) is 0 Å². The summed E-state index contributed by atoms with van der Waals surface area (Å²) in [6.45, 7) is 0. The molecule has 0 aliphatic heterocycles. The van der Waals surface area contributed by atoms with E-state index in [0.29, 0.717) is 0 Å². The van der Waals surface area contributed by atoms with Gasteiger partial charge in [-0.3, -0.25) is 4.98 Å². The van der Waals surface area contributed by atoms with Crippen LogP contribution in [-0.4, -0.2) is 12.3 Å². The highest BCUT2D eigenvalue weighted by molar-refractivity contribution is 6.67. The van der Waals surface area contributed by atoms with E-state index >= 15 is 0 Å². The van der Waals surface area contributed by atoms with Crippen molar-refractivity contribution in [2.24, 2.45) is 0 Å². The summed E-state index contributed by atoms with van der Waals surface area (Å²) >= 11 is 0. The van der Waals surface area contributed by atoms with Crippen molar-refractivity contribution >= 4 is 18.2 Å². The van der Waals surface area contributed by atoms with Gasteiger partial charge in [0.25, 0.3) is 0 Å². The van der Waals surface area contributed by atoms with Crippen LogP contribution in [0, 0.1) is 0 Å². The molecule has 0 amide bonds. The van der Waals surface area contributed by atoms with E-state index in [1.165, 1.54) is 10.9 Å². The second-order valence-electron chi connectivity index (χ2n) is 4.17. The van der Waals surface area contributed by atoms with E-state index in [1.54, 1.807) is 12.4 Å². The number of hydrogen-bond donors (Lipinski definition) is 0. The zero-order valence-electron chi connectivity index (χ0n) is 10.8. The van der Waals surface area contributed by atoms with Crippen LogP contribution in [0.4, 0.5) is 0 Å². The van der Waals surface area contributed by atoms with Crippen LogP contribution >= 0.6 is 0 Å². The summed E-state index contributed by atoms with van der Waals surface area (Å²) in [5.41, 5.74) is 2.74. The molecule has 0 saturated heterocycles. The van der Waals surface area contributed by atoms with Crippen LogP contribution in [0.1, 0.15) is 0 Å². The Morgan fingerprint density at radius 2 is 0.947 bits per heavy atom. The molecule has 1 heterocycles. The smallest absolute Gasteiger partial charge is 0.192 e. The molecule has 0 radical (unpaired) electrons. The van der Waals surface area contributed by atoms with E-state index < -0.39 is 0 Å². The van der Waals surface area contributed by atoms with Crippen LogP contribution in [-0.2, 0) is 0 Å². The number of rotatable bonds is 2. The van der Waals surface area contributed by atoms with Gasteiger partial charge in [0.1, 0.15) is 0 Å². The first-order valence-electron chi connectivity index (χ1n) is 6.38. The van der Waals surface area contributed by atoms with Gasteiger partial charge in [0.05, 0.1) is 0 Å². The molecule has 92 valence electrons. The van der Waals surface area contributed by atoms with Crippen LogP contribution in [0.3, 0.4) is 0 Å². The highest BCUT2D eigenvalue weighted by Gasteiger charge is 1.95. The topological polar surface area (TPSA) is 12.9 Å². The fraction of sp³-hybridized carbons (Fsp3) is 0. The average Bonchev–Trinajstić information content (AvgIpc) is 2.52. The average molecular weight is 245 g/mol. The third kappa shape index (κ3) is 5.22. The number of nitrogens with zero attached hydrogens (tertiary/aromatic N) is 1. The molecule has 0 atom stereocenters. The van der Waals surface area contributed by atoms with Crippen molar-refractivity contribution in [1.29, 1.82) is 0 Å². The molecule has 1 nitrogen and oxygen atoms in total. The number of pyridine rings is 1. The maximum absolute atomic E-state index is 3.78. The summed E-state index contributed by atoms with van der Waals surface area (Å²) in [6, 6.07) is 26.8. The molecule has 3 aromatic rings. The van der Waals surface area contributed by atoms with Crippen molar-refractivity contribution < 1.29 is 0 Å². The van der Waals surface area contributed by atoms with E-state index in [4.69, 9.17) is 0 Å². The molecule has 0 spiro atoms. The Bertz CT molecular complexity index is 488. The van der Waals surface area contributed by atoms with E-state index in [1.807, 2.05) is 18.2 Å². The molecule has 0 saturated carbocycles. The van der Waals surface area contributed by atoms with Gasteiger partial charge in [0, 0.05) is 12.4 Å². The van der Waals surface area contributed by atoms with Crippen molar-refractivity contribution in [2.45, 2.75) is 0 Å². The zero-order chi connectivity index (χ0) is 13.2. The Labute approximate surface area is 115 Å². The summed E-state index contributed by atoms with van der Waals surface area (Å²) in [4.78, 5) is 3.78. The number of aromatic nitrogens is 1. The molecule has 0 N–H and O–H groups in total. The first-order chi connectivity index (χ1) is 9.45. The summed E-state index contributed by atoms with van der Waals surface area (Å²) in [5.74, 6) is 0. The number of hydrogen-bond acceptors (Lipinski definition) is 1. The first-order valence-corrected chi connectivity index (χ1v) is 6.38. The lowest BCUT2D eigenvalue weighted by Gasteiger charge is -1.98. The van der Waals surface area contributed by atoms with Gasteiger partial charge in [-0.1, -0.05) is 77.7 Å². The van der Waals surface area contributed by atoms with Crippen LogP contribution < -0.4 is 10.9 Å². The lowest BCUT2D eigenvalue weighted by molar-refractivity contribution is 1.33. The minimum absolute atomic E-state index is 1.03. The fourth-order valence-electron chi connectivity index (χ4n) is 1.74. The molecule has 19 heavy (non-hydrogen) atoms. The molecule has 2 aromatic carbocycles. The Hall–Kier alpha value is -2.35. The van der Waals surface area contributed by atoms with Gasteiger partial charge >= 0.3 is 0 Å². The van der Waals surface area contributed by atoms with Crippen LogP contribution in [0.25, 0.3) is 0 Å². The summed E-state index contributed by atoms with van der Waals surface area (Å²) in [7, 11) is 1.03. The van der Waals surface area contributed by atoms with Gasteiger partial charge in [-0.2, -0.15) is 0 Å². The summed E-state index contributed by atoms with van der Waals surface area (Å²) in [5, 5.41) is 0. The van der Waals surface area contributed by atoms with E-state index in [9.17, 15) is 0 Å². The third-order valence-electron chi connectivity index (χ3n) is 2.66.